The first kappa shape index (κ1) is 20.7. The van der Waals surface area contributed by atoms with Crippen LogP contribution in [0.5, 0.6) is 5.75 Å². The van der Waals surface area contributed by atoms with Gasteiger partial charge in [-0.05, 0) is 62.3 Å². The van der Waals surface area contributed by atoms with E-state index in [1.54, 1.807) is 7.11 Å². The Morgan fingerprint density at radius 3 is 2.83 bits per heavy atom. The van der Waals surface area contributed by atoms with Crippen molar-refractivity contribution in [1.29, 1.82) is 0 Å². The van der Waals surface area contributed by atoms with Crippen molar-refractivity contribution < 1.29 is 19.1 Å². The van der Waals surface area contributed by atoms with Crippen molar-refractivity contribution in [3.05, 3.63) is 23.8 Å². The van der Waals surface area contributed by atoms with Crippen LogP contribution in [0.25, 0.3) is 0 Å². The van der Waals surface area contributed by atoms with Gasteiger partial charge in [-0.3, -0.25) is 14.4 Å². The highest BCUT2D eigenvalue weighted by Crippen LogP contribution is 2.34. The summed E-state index contributed by atoms with van der Waals surface area (Å²) >= 11 is 0. The number of piperidine rings is 1. The van der Waals surface area contributed by atoms with Crippen LogP contribution >= 0.6 is 0 Å². The van der Waals surface area contributed by atoms with Crippen LogP contribution < -0.4 is 10.1 Å². The molecule has 0 unspecified atom stereocenters. The summed E-state index contributed by atoms with van der Waals surface area (Å²) in [5.41, 5.74) is 1.89. The molecule has 3 heterocycles. The first-order valence-corrected chi connectivity index (χ1v) is 11.1. The summed E-state index contributed by atoms with van der Waals surface area (Å²) < 4.78 is 5.34. The van der Waals surface area contributed by atoms with Crippen LogP contribution in [0.3, 0.4) is 0 Å². The second kappa shape index (κ2) is 9.06. The number of carbonyl (C=O) groups excluding carboxylic acids is 3. The van der Waals surface area contributed by atoms with E-state index < -0.39 is 0 Å². The van der Waals surface area contributed by atoms with Crippen LogP contribution in [0.15, 0.2) is 18.2 Å². The Bertz CT molecular complexity index is 825. The molecule has 2 atom stereocenters. The molecule has 0 aromatic heterocycles. The molecule has 3 amide bonds. The van der Waals surface area contributed by atoms with Crippen molar-refractivity contribution in [3.8, 4) is 5.75 Å². The van der Waals surface area contributed by atoms with Crippen LogP contribution in [-0.4, -0.2) is 60.3 Å². The number of hydrogen-bond donors (Lipinski definition) is 1. The van der Waals surface area contributed by atoms with E-state index in [0.29, 0.717) is 38.8 Å². The van der Waals surface area contributed by atoms with E-state index in [1.165, 1.54) is 0 Å². The average molecular weight is 414 g/mol. The van der Waals surface area contributed by atoms with E-state index in [-0.39, 0.29) is 29.7 Å². The van der Waals surface area contributed by atoms with Gasteiger partial charge < -0.3 is 19.9 Å². The summed E-state index contributed by atoms with van der Waals surface area (Å²) in [6.45, 7) is 2.17. The third kappa shape index (κ3) is 4.30. The molecule has 1 N–H and O–H groups in total. The predicted octanol–water partition coefficient (Wildman–Crippen LogP) is 2.59. The zero-order chi connectivity index (χ0) is 21.1. The number of anilines is 1. The number of rotatable bonds is 6. The van der Waals surface area contributed by atoms with Gasteiger partial charge in [0.05, 0.1) is 13.0 Å². The minimum absolute atomic E-state index is 0.0000280. The standard InChI is InChI=1S/C23H31N3O4/c1-30-17-9-10-19-16(14-17)15-18(23(29)24-19)20-6-2-3-13-26(20)22(28)8-5-12-25-11-4-7-21(25)27/h9-10,14,18,20H,2-8,11-13,15H2,1H3,(H,24,29)/t18-,20-/m0/s1. The lowest BCUT2D eigenvalue weighted by Gasteiger charge is -2.41. The molecule has 7 heteroatoms. The SMILES string of the molecule is COc1ccc2c(c1)C[C@@H]([C@@H]1CCCCN1C(=O)CCCN1CCCC1=O)C(=O)N2. The molecule has 2 fully saturated rings. The van der Waals surface area contributed by atoms with E-state index in [4.69, 9.17) is 4.74 Å². The molecule has 0 aliphatic carbocycles. The molecule has 0 radical (unpaired) electrons. The lowest BCUT2D eigenvalue weighted by Crippen LogP contribution is -2.52. The number of hydrogen-bond acceptors (Lipinski definition) is 4. The smallest absolute Gasteiger partial charge is 0.229 e. The quantitative estimate of drug-likeness (QED) is 0.778. The normalized spacial score (nSPS) is 23.9. The predicted molar refractivity (Wildman–Crippen MR) is 113 cm³/mol. The first-order valence-electron chi connectivity index (χ1n) is 11.1. The topological polar surface area (TPSA) is 79.0 Å². The van der Waals surface area contributed by atoms with Crippen LogP contribution in [-0.2, 0) is 20.8 Å². The van der Waals surface area contributed by atoms with E-state index in [0.717, 1.165) is 49.2 Å². The molecule has 2 saturated heterocycles. The molecule has 1 aromatic rings. The van der Waals surface area contributed by atoms with Crippen molar-refractivity contribution in [2.45, 2.75) is 57.4 Å². The Morgan fingerprint density at radius 1 is 1.20 bits per heavy atom. The van der Waals surface area contributed by atoms with Gasteiger partial charge in [-0.1, -0.05) is 0 Å². The Hall–Kier alpha value is -2.57. The molecule has 0 bridgehead atoms. The average Bonchev–Trinajstić information content (AvgIpc) is 3.17. The first-order chi connectivity index (χ1) is 14.6. The largest absolute Gasteiger partial charge is 0.497 e. The second-order valence-electron chi connectivity index (χ2n) is 8.56. The van der Waals surface area contributed by atoms with Gasteiger partial charge in [0.15, 0.2) is 0 Å². The Kier molecular flexibility index (Phi) is 6.25. The third-order valence-corrected chi connectivity index (χ3v) is 6.67. The van der Waals surface area contributed by atoms with Gasteiger partial charge in [-0.2, -0.15) is 0 Å². The Labute approximate surface area is 177 Å². The molecule has 4 rings (SSSR count). The summed E-state index contributed by atoms with van der Waals surface area (Å²) in [4.78, 5) is 41.5. The van der Waals surface area contributed by atoms with Gasteiger partial charge in [0.1, 0.15) is 5.75 Å². The number of methoxy groups -OCH3 is 1. The molecular weight excluding hydrogens is 382 g/mol. The summed E-state index contributed by atoms with van der Waals surface area (Å²) in [5, 5.41) is 3.03. The lowest BCUT2D eigenvalue weighted by molar-refractivity contribution is -0.139. The maximum Gasteiger partial charge on any atom is 0.229 e. The Morgan fingerprint density at radius 2 is 2.07 bits per heavy atom. The molecule has 3 aliphatic heterocycles. The van der Waals surface area contributed by atoms with E-state index in [2.05, 4.69) is 5.32 Å². The van der Waals surface area contributed by atoms with Crippen LogP contribution in [0.4, 0.5) is 5.69 Å². The summed E-state index contributed by atoms with van der Waals surface area (Å²) in [5.74, 6) is 0.840. The number of carbonyl (C=O) groups is 3. The van der Waals surface area contributed by atoms with Gasteiger partial charge in [0, 0.05) is 44.2 Å². The fraction of sp³-hybridized carbons (Fsp3) is 0.609. The highest BCUT2D eigenvalue weighted by Gasteiger charge is 2.39. The van der Waals surface area contributed by atoms with Crippen molar-refractivity contribution in [2.75, 3.05) is 32.1 Å². The van der Waals surface area contributed by atoms with Gasteiger partial charge in [0.25, 0.3) is 0 Å². The number of nitrogens with one attached hydrogen (secondary N) is 1. The zero-order valence-electron chi connectivity index (χ0n) is 17.7. The van der Waals surface area contributed by atoms with Gasteiger partial charge >= 0.3 is 0 Å². The molecule has 162 valence electrons. The van der Waals surface area contributed by atoms with E-state index in [1.807, 2.05) is 28.0 Å². The minimum atomic E-state index is -0.242. The van der Waals surface area contributed by atoms with Crippen LogP contribution in [0.2, 0.25) is 0 Å². The number of amides is 3. The highest BCUT2D eigenvalue weighted by atomic mass is 16.5. The number of benzene rings is 1. The van der Waals surface area contributed by atoms with Crippen molar-refractivity contribution in [2.24, 2.45) is 5.92 Å². The number of ether oxygens (including phenoxy) is 1. The van der Waals surface area contributed by atoms with E-state index >= 15 is 0 Å². The van der Waals surface area contributed by atoms with Gasteiger partial charge in [-0.25, -0.2) is 0 Å². The lowest BCUT2D eigenvalue weighted by atomic mass is 9.82. The molecule has 0 saturated carbocycles. The molecule has 30 heavy (non-hydrogen) atoms. The second-order valence-corrected chi connectivity index (χ2v) is 8.56. The van der Waals surface area contributed by atoms with Gasteiger partial charge in [-0.15, -0.1) is 0 Å². The molecule has 7 nitrogen and oxygen atoms in total. The monoisotopic (exact) mass is 413 g/mol. The van der Waals surface area contributed by atoms with Crippen molar-refractivity contribution in [1.82, 2.24) is 9.80 Å². The number of nitrogens with zero attached hydrogens (tertiary/aromatic N) is 2. The van der Waals surface area contributed by atoms with Crippen LogP contribution in [0.1, 0.15) is 50.5 Å². The number of likely N-dealkylation sites (tertiary alicyclic amines) is 2. The summed E-state index contributed by atoms with van der Waals surface area (Å²) in [7, 11) is 1.64. The fourth-order valence-corrected chi connectivity index (χ4v) is 5.04. The summed E-state index contributed by atoms with van der Waals surface area (Å²) in [6, 6.07) is 5.63. The van der Waals surface area contributed by atoms with Gasteiger partial charge in [0.2, 0.25) is 17.7 Å². The Balaban J connectivity index is 1.41. The molecule has 0 spiro atoms. The molecule has 3 aliphatic rings. The summed E-state index contributed by atoms with van der Waals surface area (Å²) in [6.07, 6.45) is 6.15. The van der Waals surface area contributed by atoms with E-state index in [9.17, 15) is 14.4 Å². The van der Waals surface area contributed by atoms with Crippen LogP contribution in [0, 0.1) is 5.92 Å². The zero-order valence-corrected chi connectivity index (χ0v) is 17.7. The van der Waals surface area contributed by atoms with Crippen molar-refractivity contribution >= 4 is 23.4 Å². The minimum Gasteiger partial charge on any atom is -0.497 e. The third-order valence-electron chi connectivity index (χ3n) is 6.67. The number of fused-ring (bicyclic) bond motifs is 1. The maximum absolute atomic E-state index is 13.0. The van der Waals surface area contributed by atoms with Crippen molar-refractivity contribution in [3.63, 3.8) is 0 Å². The maximum atomic E-state index is 13.0. The molecular formula is C23H31N3O4. The fourth-order valence-electron chi connectivity index (χ4n) is 5.04. The highest BCUT2D eigenvalue weighted by molar-refractivity contribution is 5.96. The molecule has 1 aromatic carbocycles.